The van der Waals surface area contributed by atoms with Crippen LogP contribution in [0, 0.1) is 0 Å². The van der Waals surface area contributed by atoms with Gasteiger partial charge in [0.15, 0.2) is 0 Å². The van der Waals surface area contributed by atoms with E-state index in [4.69, 9.17) is 0 Å². The van der Waals surface area contributed by atoms with Crippen LogP contribution >= 0.6 is 0 Å². The first-order valence-corrected chi connectivity index (χ1v) is 9.16. The predicted molar refractivity (Wildman–Crippen MR) is 105 cm³/mol. The zero-order valence-corrected chi connectivity index (χ0v) is 15.7. The molecule has 6 nitrogen and oxygen atoms in total. The maximum absolute atomic E-state index is 13.3. The van der Waals surface area contributed by atoms with Crippen LogP contribution < -0.4 is 5.32 Å². The molecule has 0 amide bonds. The standard InChI is InChI=1S/C21H17F3N6/c22-21(23,24)19-11-17(26-20(27-19)25-12-15-7-3-1-4-8-15)13-30-14-18(28-29-30)16-9-5-2-6-10-16/h1-11,14H,12-13H2,(H,25,26,27). The highest BCUT2D eigenvalue weighted by atomic mass is 19.4. The number of anilines is 1. The van der Waals surface area contributed by atoms with E-state index in [1.165, 1.54) is 4.68 Å². The number of hydrogen-bond acceptors (Lipinski definition) is 5. The van der Waals surface area contributed by atoms with Crippen molar-refractivity contribution in [2.24, 2.45) is 0 Å². The van der Waals surface area contributed by atoms with Crippen molar-refractivity contribution in [2.75, 3.05) is 5.32 Å². The molecule has 9 heteroatoms. The summed E-state index contributed by atoms with van der Waals surface area (Å²) in [6.07, 6.45) is -2.92. The number of hydrogen-bond donors (Lipinski definition) is 1. The van der Waals surface area contributed by atoms with Gasteiger partial charge in [0.2, 0.25) is 5.95 Å². The first-order valence-electron chi connectivity index (χ1n) is 9.16. The topological polar surface area (TPSA) is 68.5 Å². The molecule has 2 heterocycles. The lowest BCUT2D eigenvalue weighted by atomic mass is 10.2. The highest BCUT2D eigenvalue weighted by Crippen LogP contribution is 2.29. The Bertz CT molecular complexity index is 1110. The lowest BCUT2D eigenvalue weighted by Gasteiger charge is -2.12. The molecule has 4 aromatic rings. The van der Waals surface area contributed by atoms with Crippen LogP contribution in [-0.4, -0.2) is 25.0 Å². The lowest BCUT2D eigenvalue weighted by Crippen LogP contribution is -2.15. The molecule has 0 radical (unpaired) electrons. The minimum Gasteiger partial charge on any atom is -0.350 e. The summed E-state index contributed by atoms with van der Waals surface area (Å²) >= 11 is 0. The van der Waals surface area contributed by atoms with E-state index in [0.29, 0.717) is 12.2 Å². The summed E-state index contributed by atoms with van der Waals surface area (Å²) in [5.74, 6) is -0.0907. The Balaban J connectivity index is 1.57. The molecule has 2 aromatic heterocycles. The number of alkyl halides is 3. The van der Waals surface area contributed by atoms with Crippen molar-refractivity contribution >= 4 is 5.95 Å². The van der Waals surface area contributed by atoms with E-state index in [-0.39, 0.29) is 18.2 Å². The number of nitrogens with zero attached hydrogens (tertiary/aromatic N) is 5. The van der Waals surface area contributed by atoms with Gasteiger partial charge >= 0.3 is 6.18 Å². The monoisotopic (exact) mass is 410 g/mol. The highest BCUT2D eigenvalue weighted by Gasteiger charge is 2.33. The normalized spacial score (nSPS) is 11.4. The Morgan fingerprint density at radius 3 is 2.30 bits per heavy atom. The average Bonchev–Trinajstić information content (AvgIpc) is 3.21. The molecule has 30 heavy (non-hydrogen) atoms. The molecule has 0 bridgehead atoms. The largest absolute Gasteiger partial charge is 0.433 e. The number of benzene rings is 2. The molecule has 0 aliphatic carbocycles. The third-order valence-corrected chi connectivity index (χ3v) is 4.30. The minimum atomic E-state index is -4.58. The summed E-state index contributed by atoms with van der Waals surface area (Å²) in [6.45, 7) is 0.342. The molecule has 0 fully saturated rings. The molecular weight excluding hydrogens is 393 g/mol. The molecule has 1 N–H and O–H groups in total. The van der Waals surface area contributed by atoms with Gasteiger partial charge in [-0.3, -0.25) is 0 Å². The molecule has 0 aliphatic rings. The van der Waals surface area contributed by atoms with Crippen molar-refractivity contribution in [1.29, 1.82) is 0 Å². The average molecular weight is 410 g/mol. The van der Waals surface area contributed by atoms with Crippen molar-refractivity contribution in [3.63, 3.8) is 0 Å². The van der Waals surface area contributed by atoms with Crippen molar-refractivity contribution < 1.29 is 13.2 Å². The highest BCUT2D eigenvalue weighted by molar-refractivity contribution is 5.57. The van der Waals surface area contributed by atoms with Crippen molar-refractivity contribution in [1.82, 2.24) is 25.0 Å². The molecule has 0 unspecified atom stereocenters. The Labute approximate surface area is 170 Å². The maximum atomic E-state index is 13.3. The van der Waals surface area contributed by atoms with Crippen LogP contribution in [0.4, 0.5) is 19.1 Å². The molecule has 0 atom stereocenters. The number of aromatic nitrogens is 5. The van der Waals surface area contributed by atoms with Gasteiger partial charge in [-0.05, 0) is 11.6 Å². The summed E-state index contributed by atoms with van der Waals surface area (Å²) < 4.78 is 41.4. The van der Waals surface area contributed by atoms with Gasteiger partial charge in [-0.15, -0.1) is 5.10 Å². The van der Waals surface area contributed by atoms with Crippen molar-refractivity contribution in [3.05, 3.63) is 89.9 Å². The van der Waals surface area contributed by atoms with Crippen LogP contribution in [0.3, 0.4) is 0 Å². The molecule has 0 aliphatic heterocycles. The van der Waals surface area contributed by atoms with E-state index in [0.717, 1.165) is 17.2 Å². The van der Waals surface area contributed by atoms with E-state index >= 15 is 0 Å². The number of halogens is 3. The summed E-state index contributed by atoms with van der Waals surface area (Å²) in [6, 6.07) is 19.6. The Morgan fingerprint density at radius 1 is 0.900 bits per heavy atom. The van der Waals surface area contributed by atoms with E-state index in [1.807, 2.05) is 60.7 Å². The maximum Gasteiger partial charge on any atom is 0.433 e. The van der Waals surface area contributed by atoms with Gasteiger partial charge in [0.05, 0.1) is 18.4 Å². The second-order valence-electron chi connectivity index (χ2n) is 6.57. The zero-order valence-electron chi connectivity index (χ0n) is 15.7. The molecule has 0 spiro atoms. The van der Waals surface area contributed by atoms with Gasteiger partial charge in [0, 0.05) is 12.1 Å². The second kappa shape index (κ2) is 8.32. The van der Waals surface area contributed by atoms with Crippen LogP contribution in [0.5, 0.6) is 0 Å². The Hall–Kier alpha value is -3.75. The van der Waals surface area contributed by atoms with Gasteiger partial charge in [0.1, 0.15) is 11.4 Å². The summed E-state index contributed by atoms with van der Waals surface area (Å²) in [5, 5.41) is 11.0. The fraction of sp³-hybridized carbons (Fsp3) is 0.143. The molecule has 2 aromatic carbocycles. The van der Waals surface area contributed by atoms with Gasteiger partial charge in [0.25, 0.3) is 0 Å². The summed E-state index contributed by atoms with van der Waals surface area (Å²) in [4.78, 5) is 7.85. The number of nitrogens with one attached hydrogen (secondary N) is 1. The predicted octanol–water partition coefficient (Wildman–Crippen LogP) is 4.41. The van der Waals surface area contributed by atoms with Gasteiger partial charge < -0.3 is 5.32 Å². The van der Waals surface area contributed by atoms with Crippen LogP contribution in [0.15, 0.2) is 72.9 Å². The fourth-order valence-electron chi connectivity index (χ4n) is 2.86. The first kappa shape index (κ1) is 19.6. The smallest absolute Gasteiger partial charge is 0.350 e. The van der Waals surface area contributed by atoms with Crippen LogP contribution in [-0.2, 0) is 19.3 Å². The van der Waals surface area contributed by atoms with E-state index in [2.05, 4.69) is 25.6 Å². The minimum absolute atomic E-state index is 0.0332. The summed E-state index contributed by atoms with van der Waals surface area (Å²) in [7, 11) is 0. The summed E-state index contributed by atoms with van der Waals surface area (Å²) in [5.41, 5.74) is 1.57. The third kappa shape index (κ3) is 4.80. The van der Waals surface area contributed by atoms with Crippen molar-refractivity contribution in [3.8, 4) is 11.3 Å². The van der Waals surface area contributed by atoms with Crippen LogP contribution in [0.2, 0.25) is 0 Å². The van der Waals surface area contributed by atoms with Gasteiger partial charge in [-0.1, -0.05) is 65.9 Å². The van der Waals surface area contributed by atoms with Crippen molar-refractivity contribution in [2.45, 2.75) is 19.3 Å². The molecular formula is C21H17F3N6. The Morgan fingerprint density at radius 2 is 1.60 bits per heavy atom. The first-order chi connectivity index (χ1) is 14.5. The van der Waals surface area contributed by atoms with Crippen LogP contribution in [0.1, 0.15) is 17.0 Å². The quantitative estimate of drug-likeness (QED) is 0.510. The zero-order chi connectivity index (χ0) is 21.0. The third-order valence-electron chi connectivity index (χ3n) is 4.30. The Kier molecular flexibility index (Phi) is 5.42. The lowest BCUT2D eigenvalue weighted by molar-refractivity contribution is -0.141. The second-order valence-corrected chi connectivity index (χ2v) is 6.57. The SMILES string of the molecule is FC(F)(F)c1cc(Cn2cc(-c3ccccc3)nn2)nc(NCc2ccccc2)n1. The van der Waals surface area contributed by atoms with E-state index < -0.39 is 11.9 Å². The molecule has 0 saturated carbocycles. The van der Waals surface area contributed by atoms with Crippen LogP contribution in [0.25, 0.3) is 11.3 Å². The fourth-order valence-corrected chi connectivity index (χ4v) is 2.86. The van der Waals surface area contributed by atoms with Gasteiger partial charge in [-0.25, -0.2) is 14.6 Å². The molecule has 4 rings (SSSR count). The van der Waals surface area contributed by atoms with E-state index in [1.54, 1.807) is 6.20 Å². The molecule has 0 saturated heterocycles. The molecule has 152 valence electrons. The number of rotatable bonds is 6. The van der Waals surface area contributed by atoms with E-state index in [9.17, 15) is 13.2 Å². The van der Waals surface area contributed by atoms with Gasteiger partial charge in [-0.2, -0.15) is 13.2 Å².